The van der Waals surface area contributed by atoms with Crippen LogP contribution in [0.5, 0.6) is 0 Å². The highest BCUT2D eigenvalue weighted by atomic mass is 16.5. The number of aliphatic hydroxyl groups is 2. The van der Waals surface area contributed by atoms with Crippen LogP contribution in [0.2, 0.25) is 0 Å². The molecule has 0 radical (unpaired) electrons. The fourth-order valence-corrected chi connectivity index (χ4v) is 1.19. The SMILES string of the molecule is C[C@H]1C[C@@H](O)/C=C/[C@H](O)/C=C\C(=O)O1. The van der Waals surface area contributed by atoms with E-state index < -0.39 is 18.2 Å². The zero-order chi connectivity index (χ0) is 10.6. The van der Waals surface area contributed by atoms with Crippen LogP contribution in [0.1, 0.15) is 13.3 Å². The number of rotatable bonds is 0. The van der Waals surface area contributed by atoms with Gasteiger partial charge >= 0.3 is 5.97 Å². The topological polar surface area (TPSA) is 66.8 Å². The number of carbonyl (C=O) groups excluding carboxylic acids is 1. The van der Waals surface area contributed by atoms with Gasteiger partial charge in [0.1, 0.15) is 6.10 Å². The zero-order valence-corrected chi connectivity index (χ0v) is 7.96. The van der Waals surface area contributed by atoms with Crippen LogP contribution in [0.4, 0.5) is 0 Å². The van der Waals surface area contributed by atoms with E-state index in [4.69, 9.17) is 4.74 Å². The summed E-state index contributed by atoms with van der Waals surface area (Å²) in [6, 6.07) is 0. The summed E-state index contributed by atoms with van der Waals surface area (Å²) >= 11 is 0. The Morgan fingerprint density at radius 1 is 1.36 bits per heavy atom. The molecular weight excluding hydrogens is 184 g/mol. The molecule has 0 aromatic rings. The molecule has 0 saturated heterocycles. The highest BCUT2D eigenvalue weighted by Crippen LogP contribution is 2.07. The third-order valence-corrected chi connectivity index (χ3v) is 1.85. The van der Waals surface area contributed by atoms with Crippen molar-refractivity contribution in [1.29, 1.82) is 0 Å². The van der Waals surface area contributed by atoms with Gasteiger partial charge in [0.2, 0.25) is 0 Å². The predicted octanol–water partition coefficient (Wildman–Crippen LogP) is 0.156. The minimum atomic E-state index is -0.856. The molecule has 1 rings (SSSR count). The van der Waals surface area contributed by atoms with Crippen molar-refractivity contribution >= 4 is 5.97 Å². The molecule has 0 unspecified atom stereocenters. The maximum atomic E-state index is 11.0. The molecule has 78 valence electrons. The largest absolute Gasteiger partial charge is 0.459 e. The van der Waals surface area contributed by atoms with E-state index in [-0.39, 0.29) is 6.10 Å². The lowest BCUT2D eigenvalue weighted by Gasteiger charge is -2.15. The lowest BCUT2D eigenvalue weighted by atomic mass is 10.1. The molecule has 1 heterocycles. The maximum absolute atomic E-state index is 11.0. The van der Waals surface area contributed by atoms with Gasteiger partial charge in [0.15, 0.2) is 0 Å². The van der Waals surface area contributed by atoms with Crippen molar-refractivity contribution in [2.45, 2.75) is 31.7 Å². The second kappa shape index (κ2) is 4.93. The van der Waals surface area contributed by atoms with Gasteiger partial charge in [-0.15, -0.1) is 0 Å². The number of carbonyl (C=O) groups is 1. The smallest absolute Gasteiger partial charge is 0.330 e. The number of hydrogen-bond acceptors (Lipinski definition) is 4. The van der Waals surface area contributed by atoms with Crippen LogP contribution in [0.15, 0.2) is 24.3 Å². The van der Waals surface area contributed by atoms with Crippen LogP contribution in [0.25, 0.3) is 0 Å². The molecular formula is C10H14O4. The van der Waals surface area contributed by atoms with Gasteiger partial charge < -0.3 is 14.9 Å². The van der Waals surface area contributed by atoms with Gasteiger partial charge in [-0.1, -0.05) is 12.2 Å². The monoisotopic (exact) mass is 198 g/mol. The average Bonchev–Trinajstić information content (AvgIpc) is 2.10. The molecule has 4 nitrogen and oxygen atoms in total. The summed E-state index contributed by atoms with van der Waals surface area (Å²) in [4.78, 5) is 11.0. The molecule has 3 atom stereocenters. The molecule has 1 aliphatic rings. The van der Waals surface area contributed by atoms with E-state index >= 15 is 0 Å². The van der Waals surface area contributed by atoms with Gasteiger partial charge in [0, 0.05) is 12.5 Å². The quantitative estimate of drug-likeness (QED) is 0.429. The van der Waals surface area contributed by atoms with Gasteiger partial charge in [-0.3, -0.25) is 0 Å². The van der Waals surface area contributed by atoms with Gasteiger partial charge in [-0.25, -0.2) is 4.79 Å². The van der Waals surface area contributed by atoms with Crippen LogP contribution in [0.3, 0.4) is 0 Å². The second-order valence-corrected chi connectivity index (χ2v) is 3.29. The van der Waals surface area contributed by atoms with Crippen molar-refractivity contribution in [3.8, 4) is 0 Å². The fourth-order valence-electron chi connectivity index (χ4n) is 1.19. The van der Waals surface area contributed by atoms with Crippen LogP contribution < -0.4 is 0 Å². The van der Waals surface area contributed by atoms with Crippen molar-refractivity contribution in [1.82, 2.24) is 0 Å². The molecule has 0 bridgehead atoms. The Kier molecular flexibility index (Phi) is 3.85. The molecule has 0 amide bonds. The Morgan fingerprint density at radius 3 is 2.79 bits per heavy atom. The molecule has 0 saturated carbocycles. The number of aliphatic hydroxyl groups excluding tert-OH is 2. The van der Waals surface area contributed by atoms with Gasteiger partial charge in [-0.2, -0.15) is 0 Å². The van der Waals surface area contributed by atoms with E-state index in [2.05, 4.69) is 0 Å². The third-order valence-electron chi connectivity index (χ3n) is 1.85. The first-order valence-electron chi connectivity index (χ1n) is 4.51. The molecule has 2 N–H and O–H groups in total. The first kappa shape index (κ1) is 10.9. The van der Waals surface area contributed by atoms with E-state index in [9.17, 15) is 15.0 Å². The highest BCUT2D eigenvalue weighted by Gasteiger charge is 2.12. The maximum Gasteiger partial charge on any atom is 0.330 e. The average molecular weight is 198 g/mol. The summed E-state index contributed by atoms with van der Waals surface area (Å²) in [5.74, 6) is -0.501. The number of hydrogen-bond donors (Lipinski definition) is 2. The molecule has 0 spiro atoms. The van der Waals surface area contributed by atoms with Crippen molar-refractivity contribution in [3.05, 3.63) is 24.3 Å². The summed E-state index contributed by atoms with van der Waals surface area (Å²) in [6.45, 7) is 1.71. The molecule has 1 aliphatic heterocycles. The van der Waals surface area contributed by atoms with Gasteiger partial charge in [-0.05, 0) is 13.0 Å². The van der Waals surface area contributed by atoms with Gasteiger partial charge in [0.05, 0.1) is 12.2 Å². The molecule has 14 heavy (non-hydrogen) atoms. The molecule has 0 aromatic heterocycles. The van der Waals surface area contributed by atoms with E-state index in [1.165, 1.54) is 24.3 Å². The van der Waals surface area contributed by atoms with Crippen molar-refractivity contribution < 1.29 is 19.7 Å². The number of cyclic esters (lactones) is 1. The summed E-state index contributed by atoms with van der Waals surface area (Å²) in [6.07, 6.45) is 3.87. The first-order chi connectivity index (χ1) is 6.58. The van der Waals surface area contributed by atoms with Crippen LogP contribution >= 0.6 is 0 Å². The van der Waals surface area contributed by atoms with Crippen LogP contribution in [0, 0.1) is 0 Å². The fraction of sp³-hybridized carbons (Fsp3) is 0.500. The molecule has 4 heteroatoms. The third kappa shape index (κ3) is 3.72. The minimum absolute atomic E-state index is 0.331. The predicted molar refractivity (Wildman–Crippen MR) is 50.5 cm³/mol. The Hall–Kier alpha value is -1.13. The highest BCUT2D eigenvalue weighted by molar-refractivity contribution is 5.82. The lowest BCUT2D eigenvalue weighted by molar-refractivity contribution is -0.143. The van der Waals surface area contributed by atoms with Crippen molar-refractivity contribution in [3.63, 3.8) is 0 Å². The normalized spacial score (nSPS) is 38.5. The van der Waals surface area contributed by atoms with Crippen molar-refractivity contribution in [2.24, 2.45) is 0 Å². The van der Waals surface area contributed by atoms with E-state index in [0.717, 1.165) is 0 Å². The van der Waals surface area contributed by atoms with Gasteiger partial charge in [0.25, 0.3) is 0 Å². The summed E-state index contributed by atoms with van der Waals surface area (Å²) in [7, 11) is 0. The first-order valence-corrected chi connectivity index (χ1v) is 4.51. The second-order valence-electron chi connectivity index (χ2n) is 3.29. The Bertz CT molecular complexity index is 257. The van der Waals surface area contributed by atoms with E-state index in [0.29, 0.717) is 6.42 Å². The van der Waals surface area contributed by atoms with E-state index in [1.54, 1.807) is 6.92 Å². The standard InChI is InChI=1S/C10H14O4/c1-7-6-9(12)3-2-8(11)4-5-10(13)14-7/h2-5,7-9,11-12H,6H2,1H3/b3-2+,5-4-/t7-,8-,9-/m0/s1. The lowest BCUT2D eigenvalue weighted by Crippen LogP contribution is -2.20. The summed E-state index contributed by atoms with van der Waals surface area (Å²) < 4.78 is 4.91. The van der Waals surface area contributed by atoms with Crippen LogP contribution in [-0.2, 0) is 9.53 Å². The Labute approximate surface area is 82.5 Å². The summed E-state index contributed by atoms with van der Waals surface area (Å²) in [5, 5.41) is 18.6. The van der Waals surface area contributed by atoms with Crippen molar-refractivity contribution in [2.75, 3.05) is 0 Å². The molecule has 0 aromatic carbocycles. The molecule has 0 aliphatic carbocycles. The molecule has 0 fully saturated rings. The number of esters is 1. The minimum Gasteiger partial charge on any atom is -0.459 e. The Morgan fingerprint density at radius 2 is 2.07 bits per heavy atom. The van der Waals surface area contributed by atoms with Crippen LogP contribution in [-0.4, -0.2) is 34.5 Å². The zero-order valence-electron chi connectivity index (χ0n) is 7.96. The Balaban J connectivity index is 2.72. The summed E-state index contributed by atoms with van der Waals surface area (Å²) in [5.41, 5.74) is 0. The number of ether oxygens (including phenoxy) is 1. The van der Waals surface area contributed by atoms with E-state index in [1.807, 2.05) is 0 Å².